The van der Waals surface area contributed by atoms with Gasteiger partial charge in [-0.3, -0.25) is 9.59 Å². The summed E-state index contributed by atoms with van der Waals surface area (Å²) < 4.78 is 28.0. The highest BCUT2D eigenvalue weighted by atomic mass is 32.2. The lowest BCUT2D eigenvalue weighted by Crippen LogP contribution is -2.32. The summed E-state index contributed by atoms with van der Waals surface area (Å²) in [6.45, 7) is 2.42. The molecule has 0 spiro atoms. The van der Waals surface area contributed by atoms with Gasteiger partial charge in [-0.25, -0.2) is 18.1 Å². The molecule has 2 aromatic heterocycles. The smallest absolute Gasteiger partial charge is 0.258 e. The number of hydrogen-bond acceptors (Lipinski definition) is 6. The van der Waals surface area contributed by atoms with Gasteiger partial charge in [0.15, 0.2) is 0 Å². The average Bonchev–Trinajstić information content (AvgIpc) is 3.35. The molecule has 2 aromatic carbocycles. The largest absolute Gasteiger partial charge is 0.331 e. The quantitative estimate of drug-likeness (QED) is 0.401. The number of benzene rings is 2. The third kappa shape index (κ3) is 5.19. The minimum atomic E-state index is -3.79. The van der Waals surface area contributed by atoms with E-state index in [1.165, 1.54) is 34.4 Å². The SMILES string of the molecule is CCN(Cc1nc2ccccc2c(=O)[nH]1)C(=O)c1cccc(S(=O)(=O)NCc2cccs2)c1. The maximum atomic E-state index is 13.1. The van der Waals surface area contributed by atoms with Crippen molar-refractivity contribution in [1.29, 1.82) is 0 Å². The number of rotatable bonds is 8. The van der Waals surface area contributed by atoms with E-state index < -0.39 is 10.0 Å². The number of carbonyl (C=O) groups is 1. The molecule has 0 aliphatic carbocycles. The predicted octanol–water partition coefficient (Wildman–Crippen LogP) is 3.13. The molecule has 10 heteroatoms. The molecular weight excluding hydrogens is 460 g/mol. The summed E-state index contributed by atoms with van der Waals surface area (Å²) in [6.07, 6.45) is 0. The van der Waals surface area contributed by atoms with E-state index in [2.05, 4.69) is 14.7 Å². The molecule has 0 bridgehead atoms. The molecular formula is C23H22N4O4S2. The van der Waals surface area contributed by atoms with Crippen molar-refractivity contribution in [1.82, 2.24) is 19.6 Å². The van der Waals surface area contributed by atoms with Gasteiger partial charge < -0.3 is 9.88 Å². The van der Waals surface area contributed by atoms with Crippen LogP contribution in [0.15, 0.2) is 75.7 Å². The number of H-pyrrole nitrogens is 1. The van der Waals surface area contributed by atoms with Gasteiger partial charge in [0.2, 0.25) is 10.0 Å². The maximum absolute atomic E-state index is 13.1. The number of hydrogen-bond donors (Lipinski definition) is 2. The number of carbonyl (C=O) groups excluding carboxylic acids is 1. The van der Waals surface area contributed by atoms with Gasteiger partial charge in [0.1, 0.15) is 5.82 Å². The molecule has 33 heavy (non-hydrogen) atoms. The van der Waals surface area contributed by atoms with E-state index in [1.54, 1.807) is 37.3 Å². The molecule has 2 N–H and O–H groups in total. The summed E-state index contributed by atoms with van der Waals surface area (Å²) in [7, 11) is -3.79. The van der Waals surface area contributed by atoms with Gasteiger partial charge in [0, 0.05) is 23.5 Å². The number of amides is 1. The zero-order valence-corrected chi connectivity index (χ0v) is 19.4. The van der Waals surface area contributed by atoms with Gasteiger partial charge in [-0.1, -0.05) is 24.3 Å². The van der Waals surface area contributed by atoms with Gasteiger partial charge in [-0.2, -0.15) is 0 Å². The maximum Gasteiger partial charge on any atom is 0.258 e. The fraction of sp³-hybridized carbons (Fsp3) is 0.174. The van der Waals surface area contributed by atoms with Gasteiger partial charge in [-0.05, 0) is 48.7 Å². The van der Waals surface area contributed by atoms with E-state index in [0.29, 0.717) is 23.3 Å². The van der Waals surface area contributed by atoms with Gasteiger partial charge in [0.25, 0.3) is 11.5 Å². The normalized spacial score (nSPS) is 11.5. The highest BCUT2D eigenvalue weighted by Crippen LogP contribution is 2.16. The number of aromatic nitrogens is 2. The van der Waals surface area contributed by atoms with Crippen LogP contribution in [0.4, 0.5) is 0 Å². The lowest BCUT2D eigenvalue weighted by molar-refractivity contribution is 0.0748. The van der Waals surface area contributed by atoms with E-state index >= 15 is 0 Å². The van der Waals surface area contributed by atoms with Crippen molar-refractivity contribution in [2.75, 3.05) is 6.54 Å². The highest BCUT2D eigenvalue weighted by molar-refractivity contribution is 7.89. The Hall–Kier alpha value is -3.34. The standard InChI is InChI=1S/C23H22N4O4S2/c1-2-27(15-21-25-20-11-4-3-10-19(20)22(28)26-21)23(29)16-7-5-9-18(13-16)33(30,31)24-14-17-8-6-12-32-17/h3-13,24H,2,14-15H2,1H3,(H,25,26,28). The number of nitrogens with one attached hydrogen (secondary N) is 2. The van der Waals surface area contributed by atoms with Gasteiger partial charge in [-0.15, -0.1) is 11.3 Å². The average molecular weight is 483 g/mol. The minimum Gasteiger partial charge on any atom is -0.331 e. The number of thiophene rings is 1. The monoisotopic (exact) mass is 482 g/mol. The van der Waals surface area contributed by atoms with Crippen LogP contribution >= 0.6 is 11.3 Å². The van der Waals surface area contributed by atoms with Crippen LogP contribution < -0.4 is 10.3 Å². The number of fused-ring (bicyclic) bond motifs is 1. The summed E-state index contributed by atoms with van der Waals surface area (Å²) in [5.74, 6) is -0.00101. The fourth-order valence-corrected chi connectivity index (χ4v) is 5.15. The Morgan fingerprint density at radius 2 is 1.94 bits per heavy atom. The van der Waals surface area contributed by atoms with Crippen molar-refractivity contribution in [3.8, 4) is 0 Å². The Labute approximate surface area is 195 Å². The van der Waals surface area contributed by atoms with Crippen LogP contribution in [0.5, 0.6) is 0 Å². The second-order valence-corrected chi connectivity index (χ2v) is 10.1. The molecule has 4 aromatic rings. The van der Waals surface area contributed by atoms with Crippen LogP contribution in [0.3, 0.4) is 0 Å². The lowest BCUT2D eigenvalue weighted by atomic mass is 10.2. The number of sulfonamides is 1. The second-order valence-electron chi connectivity index (χ2n) is 7.28. The van der Waals surface area contributed by atoms with Crippen LogP contribution in [0.25, 0.3) is 10.9 Å². The van der Waals surface area contributed by atoms with E-state index in [9.17, 15) is 18.0 Å². The van der Waals surface area contributed by atoms with Crippen LogP contribution in [0, 0.1) is 0 Å². The van der Waals surface area contributed by atoms with Crippen LogP contribution in [-0.4, -0.2) is 35.7 Å². The molecule has 4 rings (SSSR count). The number of aromatic amines is 1. The Kier molecular flexibility index (Phi) is 6.68. The molecule has 0 atom stereocenters. The topological polar surface area (TPSA) is 112 Å². The van der Waals surface area contributed by atoms with Crippen molar-refractivity contribution in [2.45, 2.75) is 24.9 Å². The first-order valence-electron chi connectivity index (χ1n) is 10.3. The molecule has 0 unspecified atom stereocenters. The first-order valence-corrected chi connectivity index (χ1v) is 12.6. The molecule has 1 amide bonds. The molecule has 0 saturated heterocycles. The van der Waals surface area contributed by atoms with E-state index in [-0.39, 0.29) is 35.0 Å². The minimum absolute atomic E-state index is 0.0122. The van der Waals surface area contributed by atoms with Crippen LogP contribution in [0.1, 0.15) is 28.0 Å². The van der Waals surface area contributed by atoms with Crippen molar-refractivity contribution < 1.29 is 13.2 Å². The first-order chi connectivity index (χ1) is 15.9. The molecule has 0 fully saturated rings. The van der Waals surface area contributed by atoms with Crippen molar-refractivity contribution in [2.24, 2.45) is 0 Å². The summed E-state index contributed by atoms with van der Waals surface area (Å²) in [4.78, 5) is 35.1. The molecule has 2 heterocycles. The summed E-state index contributed by atoms with van der Waals surface area (Å²) in [5.41, 5.74) is 0.507. The van der Waals surface area contributed by atoms with Crippen LogP contribution in [-0.2, 0) is 23.1 Å². The Morgan fingerprint density at radius 1 is 1.12 bits per heavy atom. The van der Waals surface area contributed by atoms with Crippen molar-refractivity contribution >= 4 is 38.2 Å². The third-order valence-corrected chi connectivity index (χ3v) is 7.35. The molecule has 8 nitrogen and oxygen atoms in total. The zero-order chi connectivity index (χ0) is 23.4. The highest BCUT2D eigenvalue weighted by Gasteiger charge is 2.20. The number of nitrogens with zero attached hydrogens (tertiary/aromatic N) is 2. The molecule has 0 aliphatic rings. The summed E-state index contributed by atoms with van der Waals surface area (Å²) in [6, 6.07) is 16.6. The summed E-state index contributed by atoms with van der Waals surface area (Å²) in [5, 5.41) is 2.35. The number of para-hydroxylation sites is 1. The van der Waals surface area contributed by atoms with Crippen molar-refractivity contribution in [3.05, 3.63) is 92.7 Å². The van der Waals surface area contributed by atoms with Gasteiger partial charge in [0.05, 0.1) is 22.3 Å². The molecule has 170 valence electrons. The third-order valence-electron chi connectivity index (χ3n) is 5.08. The fourth-order valence-electron chi connectivity index (χ4n) is 3.36. The molecule has 0 radical (unpaired) electrons. The first kappa shape index (κ1) is 22.8. The van der Waals surface area contributed by atoms with Crippen LogP contribution in [0.2, 0.25) is 0 Å². The van der Waals surface area contributed by atoms with E-state index in [0.717, 1.165) is 4.88 Å². The Morgan fingerprint density at radius 3 is 2.70 bits per heavy atom. The van der Waals surface area contributed by atoms with E-state index in [4.69, 9.17) is 0 Å². The van der Waals surface area contributed by atoms with Crippen molar-refractivity contribution in [3.63, 3.8) is 0 Å². The van der Waals surface area contributed by atoms with Gasteiger partial charge >= 0.3 is 0 Å². The second kappa shape index (κ2) is 9.65. The predicted molar refractivity (Wildman–Crippen MR) is 128 cm³/mol. The van der Waals surface area contributed by atoms with E-state index in [1.807, 2.05) is 17.5 Å². The Bertz CT molecular complexity index is 1450. The lowest BCUT2D eigenvalue weighted by Gasteiger charge is -2.21. The zero-order valence-electron chi connectivity index (χ0n) is 17.8. The molecule has 0 saturated carbocycles. The molecule has 0 aliphatic heterocycles. The Balaban J connectivity index is 1.54. The summed E-state index contributed by atoms with van der Waals surface area (Å²) >= 11 is 1.46.